The van der Waals surface area contributed by atoms with E-state index < -0.39 is 0 Å². The first-order valence-electron chi connectivity index (χ1n) is 4.19. The molecule has 0 spiro atoms. The van der Waals surface area contributed by atoms with Crippen LogP contribution in [-0.4, -0.2) is 24.0 Å². The van der Waals surface area contributed by atoms with Crippen LogP contribution in [-0.2, 0) is 4.79 Å². The first-order valence-corrected chi connectivity index (χ1v) is 5.07. The number of hydrogen-bond acceptors (Lipinski definition) is 4. The Balaban J connectivity index is 1.97. The summed E-state index contributed by atoms with van der Waals surface area (Å²) in [6.45, 7) is 3.48. The van der Waals surface area contributed by atoms with Gasteiger partial charge in [0, 0.05) is 13.1 Å². The second-order valence-corrected chi connectivity index (χ2v) is 3.97. The lowest BCUT2D eigenvalue weighted by Gasteiger charge is -2.25. The van der Waals surface area contributed by atoms with Crippen LogP contribution in [0.3, 0.4) is 0 Å². The molecule has 1 aliphatic heterocycles. The monoisotopic (exact) mass is 197 g/mol. The minimum Gasteiger partial charge on any atom is -0.316 e. The molecular formula is C8H11N3OS. The van der Waals surface area contributed by atoms with Crippen LogP contribution in [0, 0.1) is 12.8 Å². The molecule has 13 heavy (non-hydrogen) atoms. The highest BCUT2D eigenvalue weighted by Gasteiger charge is 2.25. The van der Waals surface area contributed by atoms with Gasteiger partial charge in [-0.15, -0.1) is 11.3 Å². The molecular weight excluding hydrogens is 186 g/mol. The van der Waals surface area contributed by atoms with E-state index in [2.05, 4.69) is 15.6 Å². The molecule has 2 heterocycles. The highest BCUT2D eigenvalue weighted by molar-refractivity contribution is 7.14. The molecule has 1 fully saturated rings. The van der Waals surface area contributed by atoms with Gasteiger partial charge >= 0.3 is 0 Å². The average Bonchev–Trinajstić information content (AvgIpc) is 2.32. The van der Waals surface area contributed by atoms with Crippen molar-refractivity contribution in [2.45, 2.75) is 6.92 Å². The van der Waals surface area contributed by atoms with Crippen molar-refractivity contribution in [1.29, 1.82) is 0 Å². The van der Waals surface area contributed by atoms with E-state index in [9.17, 15) is 4.79 Å². The average molecular weight is 197 g/mol. The number of hydrogen-bond donors (Lipinski definition) is 2. The summed E-state index contributed by atoms with van der Waals surface area (Å²) in [6, 6.07) is 0. The van der Waals surface area contributed by atoms with E-state index in [1.165, 1.54) is 11.3 Å². The van der Waals surface area contributed by atoms with Crippen LogP contribution >= 0.6 is 11.3 Å². The first kappa shape index (κ1) is 8.65. The van der Waals surface area contributed by atoms with Gasteiger partial charge < -0.3 is 10.6 Å². The number of carbonyl (C=O) groups is 1. The van der Waals surface area contributed by atoms with Gasteiger partial charge in [-0.05, 0) is 6.92 Å². The lowest BCUT2D eigenvalue weighted by atomic mass is 10.0. The highest BCUT2D eigenvalue weighted by Crippen LogP contribution is 2.20. The smallest absolute Gasteiger partial charge is 0.230 e. The summed E-state index contributed by atoms with van der Waals surface area (Å²) in [6.07, 6.45) is 0. The fourth-order valence-corrected chi connectivity index (χ4v) is 1.81. The third-order valence-electron chi connectivity index (χ3n) is 2.13. The zero-order valence-corrected chi connectivity index (χ0v) is 8.15. The maximum absolute atomic E-state index is 11.5. The van der Waals surface area contributed by atoms with Crippen molar-refractivity contribution in [2.75, 3.05) is 18.4 Å². The van der Waals surface area contributed by atoms with Crippen LogP contribution in [0.25, 0.3) is 0 Å². The van der Waals surface area contributed by atoms with Crippen molar-refractivity contribution in [3.63, 3.8) is 0 Å². The van der Waals surface area contributed by atoms with E-state index in [1.54, 1.807) is 5.51 Å². The van der Waals surface area contributed by atoms with Crippen LogP contribution < -0.4 is 10.6 Å². The molecule has 1 aromatic rings. The Morgan fingerprint density at radius 1 is 1.77 bits per heavy atom. The van der Waals surface area contributed by atoms with E-state index in [0.29, 0.717) is 0 Å². The van der Waals surface area contributed by atoms with Crippen molar-refractivity contribution in [2.24, 2.45) is 5.92 Å². The number of aromatic nitrogens is 1. The summed E-state index contributed by atoms with van der Waals surface area (Å²) < 4.78 is 0. The van der Waals surface area contributed by atoms with Crippen molar-refractivity contribution >= 4 is 22.2 Å². The third-order valence-corrected chi connectivity index (χ3v) is 2.98. The van der Waals surface area contributed by atoms with E-state index in [4.69, 9.17) is 0 Å². The predicted octanol–water partition coefficient (Wildman–Crippen LogP) is 0.609. The summed E-state index contributed by atoms with van der Waals surface area (Å²) in [5, 5.41) is 6.80. The van der Waals surface area contributed by atoms with Crippen LogP contribution in [0.2, 0.25) is 0 Å². The molecule has 2 rings (SSSR count). The van der Waals surface area contributed by atoms with E-state index >= 15 is 0 Å². The van der Waals surface area contributed by atoms with Gasteiger partial charge in [-0.3, -0.25) is 4.79 Å². The summed E-state index contributed by atoms with van der Waals surface area (Å²) >= 11 is 1.47. The number of carbonyl (C=O) groups excluding carboxylic acids is 1. The van der Waals surface area contributed by atoms with Gasteiger partial charge in [0.2, 0.25) is 5.91 Å². The molecule has 0 saturated carbocycles. The predicted molar refractivity (Wildman–Crippen MR) is 51.8 cm³/mol. The Bertz CT molecular complexity index is 319. The SMILES string of the molecule is Cc1ncsc1NC(=O)C1CNC1. The van der Waals surface area contributed by atoms with Crippen LogP contribution in [0.15, 0.2) is 5.51 Å². The molecule has 0 aliphatic carbocycles. The van der Waals surface area contributed by atoms with Gasteiger partial charge in [-0.2, -0.15) is 0 Å². The topological polar surface area (TPSA) is 54.0 Å². The molecule has 0 bridgehead atoms. The summed E-state index contributed by atoms with van der Waals surface area (Å²) in [7, 11) is 0. The van der Waals surface area contributed by atoms with E-state index in [1.807, 2.05) is 6.92 Å². The Hall–Kier alpha value is -0.940. The van der Waals surface area contributed by atoms with E-state index in [0.717, 1.165) is 23.8 Å². The summed E-state index contributed by atoms with van der Waals surface area (Å²) in [5.41, 5.74) is 2.63. The summed E-state index contributed by atoms with van der Waals surface area (Å²) in [5.74, 6) is 0.243. The fraction of sp³-hybridized carbons (Fsp3) is 0.500. The van der Waals surface area contributed by atoms with Crippen molar-refractivity contribution < 1.29 is 4.79 Å². The number of nitrogens with one attached hydrogen (secondary N) is 2. The molecule has 1 saturated heterocycles. The number of rotatable bonds is 2. The molecule has 0 unspecified atom stereocenters. The van der Waals surface area contributed by atoms with Crippen molar-refractivity contribution in [1.82, 2.24) is 10.3 Å². The Kier molecular flexibility index (Phi) is 2.28. The zero-order valence-electron chi connectivity index (χ0n) is 7.33. The number of aryl methyl sites for hydroxylation is 1. The van der Waals surface area contributed by atoms with Crippen LogP contribution in [0.5, 0.6) is 0 Å². The number of amides is 1. The molecule has 5 heteroatoms. The molecule has 0 aromatic carbocycles. The Labute approximate surface area is 80.4 Å². The lowest BCUT2D eigenvalue weighted by Crippen LogP contribution is -2.48. The van der Waals surface area contributed by atoms with Crippen LogP contribution in [0.1, 0.15) is 5.69 Å². The Morgan fingerprint density at radius 3 is 3.00 bits per heavy atom. The van der Waals surface area contributed by atoms with Crippen molar-refractivity contribution in [3.8, 4) is 0 Å². The number of thiazole rings is 1. The largest absolute Gasteiger partial charge is 0.316 e. The molecule has 4 nitrogen and oxygen atoms in total. The molecule has 1 amide bonds. The van der Waals surface area contributed by atoms with Crippen LogP contribution in [0.4, 0.5) is 5.00 Å². The van der Waals surface area contributed by atoms with E-state index in [-0.39, 0.29) is 11.8 Å². The second-order valence-electron chi connectivity index (χ2n) is 3.11. The zero-order chi connectivity index (χ0) is 9.26. The first-order chi connectivity index (χ1) is 6.27. The number of nitrogens with zero attached hydrogens (tertiary/aromatic N) is 1. The van der Waals surface area contributed by atoms with Gasteiger partial charge in [-0.1, -0.05) is 0 Å². The quantitative estimate of drug-likeness (QED) is 0.730. The molecule has 1 aliphatic rings. The lowest BCUT2D eigenvalue weighted by molar-refractivity contribution is -0.121. The second kappa shape index (κ2) is 3.43. The van der Waals surface area contributed by atoms with Crippen molar-refractivity contribution in [3.05, 3.63) is 11.2 Å². The van der Waals surface area contributed by atoms with Gasteiger partial charge in [0.15, 0.2) is 0 Å². The maximum atomic E-state index is 11.5. The molecule has 2 N–H and O–H groups in total. The normalized spacial score (nSPS) is 16.7. The Morgan fingerprint density at radius 2 is 2.54 bits per heavy atom. The standard InChI is InChI=1S/C8H11N3OS/c1-5-8(13-4-10-5)11-7(12)6-2-9-3-6/h4,6,9H,2-3H2,1H3,(H,11,12). The minimum absolute atomic E-state index is 0.103. The van der Waals surface area contributed by atoms with Gasteiger partial charge in [0.1, 0.15) is 5.00 Å². The molecule has 0 atom stereocenters. The maximum Gasteiger partial charge on any atom is 0.230 e. The van der Waals surface area contributed by atoms with Gasteiger partial charge in [-0.25, -0.2) is 4.98 Å². The summed E-state index contributed by atoms with van der Waals surface area (Å²) in [4.78, 5) is 15.5. The molecule has 0 radical (unpaired) electrons. The van der Waals surface area contributed by atoms with Gasteiger partial charge in [0.05, 0.1) is 17.1 Å². The number of anilines is 1. The third kappa shape index (κ3) is 1.71. The molecule has 70 valence electrons. The minimum atomic E-state index is 0.103. The molecule has 1 aromatic heterocycles. The highest BCUT2D eigenvalue weighted by atomic mass is 32.1. The fourth-order valence-electron chi connectivity index (χ4n) is 1.11. The van der Waals surface area contributed by atoms with Gasteiger partial charge in [0.25, 0.3) is 0 Å².